The average Bonchev–Trinajstić information content (AvgIpc) is 2.95. The number of carboxylic acid groups (broad SMARTS) is 1. The molecule has 1 unspecified atom stereocenters. The summed E-state index contributed by atoms with van der Waals surface area (Å²) < 4.78 is 6.90. The van der Waals surface area contributed by atoms with Crippen molar-refractivity contribution in [2.24, 2.45) is 0 Å². The van der Waals surface area contributed by atoms with Crippen molar-refractivity contribution in [1.29, 1.82) is 0 Å². The SMILES string of the molecule is CC(C)(C)OC(=O)N1c2ccccc2-n2cnc(C=O)c2C1C(=O)O. The predicted molar refractivity (Wildman–Crippen MR) is 88.0 cm³/mol. The number of aromatic nitrogens is 2. The lowest BCUT2D eigenvalue weighted by Gasteiger charge is -2.36. The number of aldehydes is 1. The van der Waals surface area contributed by atoms with Crippen molar-refractivity contribution in [2.45, 2.75) is 32.4 Å². The van der Waals surface area contributed by atoms with Crippen molar-refractivity contribution in [1.82, 2.24) is 9.55 Å². The highest BCUT2D eigenvalue weighted by Gasteiger charge is 2.43. The first-order chi connectivity index (χ1) is 11.7. The highest BCUT2D eigenvalue weighted by atomic mass is 16.6. The highest BCUT2D eigenvalue weighted by Crippen LogP contribution is 2.40. The molecule has 1 aromatic carbocycles. The van der Waals surface area contributed by atoms with Gasteiger partial charge >= 0.3 is 12.1 Å². The van der Waals surface area contributed by atoms with E-state index in [0.29, 0.717) is 17.7 Å². The summed E-state index contributed by atoms with van der Waals surface area (Å²) >= 11 is 0. The highest BCUT2D eigenvalue weighted by molar-refractivity contribution is 6.00. The first-order valence-corrected chi connectivity index (χ1v) is 7.61. The Bertz CT molecular complexity index is 865. The normalized spacial score (nSPS) is 16.0. The molecule has 3 rings (SSSR count). The number of benzene rings is 1. The van der Waals surface area contributed by atoms with Crippen LogP contribution in [0.25, 0.3) is 5.69 Å². The summed E-state index contributed by atoms with van der Waals surface area (Å²) in [5.41, 5.74) is 0.191. The summed E-state index contributed by atoms with van der Waals surface area (Å²) in [4.78, 5) is 41.1. The first-order valence-electron chi connectivity index (χ1n) is 7.61. The number of amides is 1. The maximum Gasteiger partial charge on any atom is 0.416 e. The summed E-state index contributed by atoms with van der Waals surface area (Å²) in [5.74, 6) is -1.29. The number of aliphatic carboxylic acids is 1. The van der Waals surface area contributed by atoms with Crippen molar-refractivity contribution >= 4 is 24.0 Å². The molecule has 0 bridgehead atoms. The van der Waals surface area contributed by atoms with Crippen LogP contribution >= 0.6 is 0 Å². The largest absolute Gasteiger partial charge is 0.479 e. The van der Waals surface area contributed by atoms with Crippen LogP contribution < -0.4 is 4.90 Å². The molecule has 2 heterocycles. The molecule has 0 fully saturated rings. The number of hydrogen-bond acceptors (Lipinski definition) is 5. The molecule has 2 aromatic rings. The van der Waals surface area contributed by atoms with Crippen LogP contribution in [0.1, 0.15) is 43.0 Å². The van der Waals surface area contributed by atoms with Crippen LogP contribution in [0.5, 0.6) is 0 Å². The summed E-state index contributed by atoms with van der Waals surface area (Å²) in [6, 6.07) is 5.35. The van der Waals surface area contributed by atoms with Crippen LogP contribution in [-0.2, 0) is 9.53 Å². The number of hydrogen-bond donors (Lipinski definition) is 1. The first kappa shape index (κ1) is 16.7. The Balaban J connectivity index is 2.24. The molecule has 1 aliphatic rings. The van der Waals surface area contributed by atoms with Gasteiger partial charge in [0.15, 0.2) is 12.3 Å². The Kier molecular flexibility index (Phi) is 3.82. The second kappa shape index (κ2) is 5.73. The second-order valence-corrected chi connectivity index (χ2v) is 6.58. The van der Waals surface area contributed by atoms with Gasteiger partial charge in [-0.15, -0.1) is 0 Å². The zero-order valence-electron chi connectivity index (χ0n) is 14.0. The number of ether oxygens (including phenoxy) is 1. The summed E-state index contributed by atoms with van der Waals surface area (Å²) in [6.07, 6.45) is 1.04. The van der Waals surface area contributed by atoms with Crippen LogP contribution in [0.3, 0.4) is 0 Å². The Hall–Kier alpha value is -3.16. The van der Waals surface area contributed by atoms with E-state index < -0.39 is 23.7 Å². The van der Waals surface area contributed by atoms with Crippen LogP contribution in [0.2, 0.25) is 0 Å². The van der Waals surface area contributed by atoms with E-state index in [1.807, 2.05) is 0 Å². The van der Waals surface area contributed by atoms with Gasteiger partial charge in [-0.25, -0.2) is 14.6 Å². The number of rotatable bonds is 2. The lowest BCUT2D eigenvalue weighted by molar-refractivity contribution is -0.139. The van der Waals surface area contributed by atoms with Gasteiger partial charge in [-0.2, -0.15) is 0 Å². The van der Waals surface area contributed by atoms with E-state index in [1.165, 1.54) is 10.9 Å². The Morgan fingerprint density at radius 1 is 1.24 bits per heavy atom. The topological polar surface area (TPSA) is 102 Å². The van der Waals surface area contributed by atoms with E-state index in [4.69, 9.17) is 4.74 Å². The molecule has 8 heteroatoms. The van der Waals surface area contributed by atoms with Crippen LogP contribution in [0, 0.1) is 0 Å². The average molecular weight is 343 g/mol. The Morgan fingerprint density at radius 2 is 1.88 bits per heavy atom. The monoisotopic (exact) mass is 343 g/mol. The third-order valence-electron chi connectivity index (χ3n) is 3.69. The molecule has 0 spiro atoms. The zero-order valence-corrected chi connectivity index (χ0v) is 14.0. The maximum absolute atomic E-state index is 12.7. The van der Waals surface area contributed by atoms with Gasteiger partial charge in [-0.1, -0.05) is 12.1 Å². The lowest BCUT2D eigenvalue weighted by atomic mass is 10.0. The standard InChI is InChI=1S/C17H17N3O5/c1-17(2,3)25-16(24)20-12-7-5-4-6-11(12)19-9-18-10(8-21)13(19)14(20)15(22)23/h4-9,14H,1-3H3,(H,22,23). The number of fused-ring (bicyclic) bond motifs is 3. The van der Waals surface area contributed by atoms with Crippen molar-refractivity contribution in [3.8, 4) is 5.69 Å². The minimum absolute atomic E-state index is 0.0320. The Morgan fingerprint density at radius 3 is 2.44 bits per heavy atom. The van der Waals surface area contributed by atoms with Gasteiger partial charge in [0.05, 0.1) is 17.1 Å². The molecule has 1 aromatic heterocycles. The van der Waals surface area contributed by atoms with Crippen LogP contribution in [0.4, 0.5) is 10.5 Å². The van der Waals surface area contributed by atoms with Gasteiger partial charge in [0, 0.05) is 0 Å². The Labute approximate surface area is 143 Å². The quantitative estimate of drug-likeness (QED) is 0.841. The fourth-order valence-electron chi connectivity index (χ4n) is 2.80. The van der Waals surface area contributed by atoms with Crippen molar-refractivity contribution < 1.29 is 24.2 Å². The molecule has 1 amide bonds. The number of imidazole rings is 1. The van der Waals surface area contributed by atoms with E-state index in [0.717, 1.165) is 4.90 Å². The number of nitrogens with zero attached hydrogens (tertiary/aromatic N) is 3. The van der Waals surface area contributed by atoms with E-state index in [-0.39, 0.29) is 11.4 Å². The van der Waals surface area contributed by atoms with E-state index in [2.05, 4.69) is 4.98 Å². The zero-order chi connectivity index (χ0) is 18.4. The minimum Gasteiger partial charge on any atom is -0.479 e. The van der Waals surface area contributed by atoms with Gasteiger partial charge in [0.1, 0.15) is 17.6 Å². The van der Waals surface area contributed by atoms with Crippen molar-refractivity contribution in [2.75, 3.05) is 4.90 Å². The smallest absolute Gasteiger partial charge is 0.416 e. The van der Waals surface area contributed by atoms with Gasteiger partial charge in [0.25, 0.3) is 0 Å². The molecule has 25 heavy (non-hydrogen) atoms. The molecule has 0 saturated heterocycles. The summed E-state index contributed by atoms with van der Waals surface area (Å²) in [5, 5.41) is 9.76. The number of anilines is 1. The summed E-state index contributed by atoms with van der Waals surface area (Å²) in [7, 11) is 0. The number of carboxylic acids is 1. The van der Waals surface area contributed by atoms with Crippen molar-refractivity contribution in [3.05, 3.63) is 42.0 Å². The lowest BCUT2D eigenvalue weighted by Crippen LogP contribution is -2.45. The predicted octanol–water partition coefficient (Wildman–Crippen LogP) is 2.57. The van der Waals surface area contributed by atoms with Gasteiger partial charge in [0.2, 0.25) is 0 Å². The molecule has 1 N–H and O–H groups in total. The number of para-hydroxylation sites is 2. The maximum atomic E-state index is 12.7. The second-order valence-electron chi connectivity index (χ2n) is 6.58. The minimum atomic E-state index is -1.42. The molecule has 130 valence electrons. The fourth-order valence-corrected chi connectivity index (χ4v) is 2.80. The number of carbonyl (C=O) groups excluding carboxylic acids is 2. The summed E-state index contributed by atoms with van der Waals surface area (Å²) in [6.45, 7) is 5.08. The third-order valence-corrected chi connectivity index (χ3v) is 3.69. The third kappa shape index (κ3) is 2.75. The van der Waals surface area contributed by atoms with Gasteiger partial charge in [-0.3, -0.25) is 14.3 Å². The molecule has 1 aliphatic heterocycles. The van der Waals surface area contributed by atoms with E-state index >= 15 is 0 Å². The van der Waals surface area contributed by atoms with Crippen molar-refractivity contribution in [3.63, 3.8) is 0 Å². The van der Waals surface area contributed by atoms with E-state index in [9.17, 15) is 19.5 Å². The van der Waals surface area contributed by atoms with Crippen LogP contribution in [-0.4, -0.2) is 38.6 Å². The fraction of sp³-hybridized carbons (Fsp3) is 0.294. The molecular weight excluding hydrogens is 326 g/mol. The molecule has 0 radical (unpaired) electrons. The molecule has 8 nitrogen and oxygen atoms in total. The van der Waals surface area contributed by atoms with E-state index in [1.54, 1.807) is 45.0 Å². The number of carbonyl (C=O) groups is 3. The molecule has 0 saturated carbocycles. The molecule has 1 atom stereocenters. The van der Waals surface area contributed by atoms with Crippen LogP contribution in [0.15, 0.2) is 30.6 Å². The molecule has 0 aliphatic carbocycles. The van der Waals surface area contributed by atoms with Gasteiger partial charge in [-0.05, 0) is 32.9 Å². The molecular formula is C17H17N3O5. The van der Waals surface area contributed by atoms with Gasteiger partial charge < -0.3 is 9.84 Å².